The van der Waals surface area contributed by atoms with Crippen LogP contribution in [0.4, 0.5) is 0 Å². The average Bonchev–Trinajstić information content (AvgIpc) is 2.66. The summed E-state index contributed by atoms with van der Waals surface area (Å²) in [7, 11) is 1.56. The van der Waals surface area contributed by atoms with Crippen molar-refractivity contribution in [2.24, 2.45) is 0 Å². The van der Waals surface area contributed by atoms with Gasteiger partial charge in [0.2, 0.25) is 5.91 Å². The van der Waals surface area contributed by atoms with Crippen LogP contribution >= 0.6 is 0 Å². The number of carbonyl (C=O) groups is 3. The van der Waals surface area contributed by atoms with Gasteiger partial charge < -0.3 is 15.7 Å². The molecule has 1 atom stereocenters. The van der Waals surface area contributed by atoms with Crippen LogP contribution < -0.4 is 10.6 Å². The van der Waals surface area contributed by atoms with E-state index in [2.05, 4.69) is 10.6 Å². The van der Waals surface area contributed by atoms with Crippen molar-refractivity contribution in [2.45, 2.75) is 25.3 Å². The molecular formula is C20H22N2O4. The molecule has 26 heavy (non-hydrogen) atoms. The van der Waals surface area contributed by atoms with Crippen molar-refractivity contribution in [1.82, 2.24) is 10.6 Å². The highest BCUT2D eigenvalue weighted by Crippen LogP contribution is 2.09. The van der Waals surface area contributed by atoms with E-state index in [1.807, 2.05) is 36.4 Å². The van der Waals surface area contributed by atoms with Gasteiger partial charge in [-0.1, -0.05) is 42.5 Å². The van der Waals surface area contributed by atoms with Crippen LogP contribution in [0, 0.1) is 0 Å². The molecule has 136 valence electrons. The summed E-state index contributed by atoms with van der Waals surface area (Å²) in [5.74, 6) is -1.59. The lowest BCUT2D eigenvalue weighted by molar-refractivity contribution is -0.141. The summed E-state index contributed by atoms with van der Waals surface area (Å²) in [6, 6.07) is 15.2. The topological polar surface area (TPSA) is 95.5 Å². The first-order valence-corrected chi connectivity index (χ1v) is 8.36. The normalized spacial score (nSPS) is 11.4. The third kappa shape index (κ3) is 5.73. The fourth-order valence-corrected chi connectivity index (χ4v) is 2.59. The average molecular weight is 354 g/mol. The second-order valence-corrected chi connectivity index (χ2v) is 5.93. The van der Waals surface area contributed by atoms with Gasteiger partial charge in [0.15, 0.2) is 0 Å². The third-order valence-electron chi connectivity index (χ3n) is 3.97. The first-order chi connectivity index (χ1) is 12.5. The molecule has 0 aromatic heterocycles. The van der Waals surface area contributed by atoms with Crippen molar-refractivity contribution >= 4 is 17.8 Å². The van der Waals surface area contributed by atoms with Gasteiger partial charge in [-0.3, -0.25) is 9.59 Å². The lowest BCUT2D eigenvalue weighted by atomic mass is 10.0. The Bertz CT molecular complexity index is 774. The number of hydrogen-bond acceptors (Lipinski definition) is 3. The van der Waals surface area contributed by atoms with Gasteiger partial charge in [-0.25, -0.2) is 4.79 Å². The number of benzene rings is 2. The van der Waals surface area contributed by atoms with Crippen LogP contribution in [0.5, 0.6) is 0 Å². The van der Waals surface area contributed by atoms with E-state index in [9.17, 15) is 19.5 Å². The summed E-state index contributed by atoms with van der Waals surface area (Å²) in [6.07, 6.45) is 0.804. The third-order valence-corrected chi connectivity index (χ3v) is 3.97. The van der Waals surface area contributed by atoms with E-state index < -0.39 is 12.0 Å². The Hall–Kier alpha value is -3.15. The highest BCUT2D eigenvalue weighted by molar-refractivity contribution is 5.94. The summed E-state index contributed by atoms with van der Waals surface area (Å²) in [5, 5.41) is 14.5. The summed E-state index contributed by atoms with van der Waals surface area (Å²) < 4.78 is 0. The smallest absolute Gasteiger partial charge is 0.326 e. The minimum absolute atomic E-state index is 0.149. The van der Waals surface area contributed by atoms with Gasteiger partial charge in [0.05, 0.1) is 0 Å². The fourth-order valence-electron chi connectivity index (χ4n) is 2.59. The van der Waals surface area contributed by atoms with Crippen molar-refractivity contribution in [2.75, 3.05) is 7.05 Å². The van der Waals surface area contributed by atoms with Gasteiger partial charge in [-0.2, -0.15) is 0 Å². The summed E-state index contributed by atoms with van der Waals surface area (Å²) in [6.45, 7) is 0. The zero-order valence-corrected chi connectivity index (χ0v) is 14.6. The Balaban J connectivity index is 1.92. The molecule has 0 radical (unpaired) electrons. The van der Waals surface area contributed by atoms with E-state index in [1.54, 1.807) is 25.2 Å². The van der Waals surface area contributed by atoms with Gasteiger partial charge in [-0.15, -0.1) is 0 Å². The van der Waals surface area contributed by atoms with E-state index in [0.29, 0.717) is 12.0 Å². The quantitative estimate of drug-likeness (QED) is 0.673. The first kappa shape index (κ1) is 19.2. The molecule has 0 bridgehead atoms. The van der Waals surface area contributed by atoms with Crippen LogP contribution in [-0.4, -0.2) is 36.0 Å². The second kappa shape index (κ2) is 9.36. The predicted octanol–water partition coefficient (Wildman–Crippen LogP) is 1.79. The Morgan fingerprint density at radius 1 is 1.00 bits per heavy atom. The Labute approximate surface area is 152 Å². The molecule has 0 saturated carbocycles. The number of aryl methyl sites for hydroxylation is 1. The first-order valence-electron chi connectivity index (χ1n) is 8.36. The molecule has 0 saturated heterocycles. The van der Waals surface area contributed by atoms with E-state index in [4.69, 9.17) is 0 Å². The minimum Gasteiger partial charge on any atom is -0.480 e. The molecule has 0 fully saturated rings. The van der Waals surface area contributed by atoms with Crippen LogP contribution in [-0.2, 0) is 22.4 Å². The number of carboxylic acid groups (broad SMARTS) is 1. The molecule has 2 amide bonds. The molecule has 2 rings (SSSR count). The van der Waals surface area contributed by atoms with Gasteiger partial charge >= 0.3 is 5.97 Å². The standard InChI is InChI=1S/C20H22N2O4/c1-21-19(24)16-9-5-8-15(12-16)10-11-18(23)22-17(20(25)26)13-14-6-3-2-4-7-14/h2-9,12,17H,10-11,13H2,1H3,(H,21,24)(H,22,23)(H,25,26)/t17-/m1/s1. The number of nitrogens with one attached hydrogen (secondary N) is 2. The molecule has 6 heteroatoms. The lowest BCUT2D eigenvalue weighted by Crippen LogP contribution is -2.42. The SMILES string of the molecule is CNC(=O)c1cccc(CCC(=O)N[C@H](Cc2ccccc2)C(=O)O)c1. The molecule has 0 aliphatic rings. The lowest BCUT2D eigenvalue weighted by Gasteiger charge is -2.14. The Morgan fingerprint density at radius 3 is 2.35 bits per heavy atom. The van der Waals surface area contributed by atoms with Crippen LogP contribution in [0.1, 0.15) is 27.9 Å². The van der Waals surface area contributed by atoms with E-state index in [0.717, 1.165) is 11.1 Å². The molecule has 3 N–H and O–H groups in total. The van der Waals surface area contributed by atoms with E-state index >= 15 is 0 Å². The van der Waals surface area contributed by atoms with Crippen molar-refractivity contribution in [3.05, 3.63) is 71.3 Å². The number of hydrogen-bond donors (Lipinski definition) is 3. The van der Waals surface area contributed by atoms with Gasteiger partial charge in [-0.05, 0) is 29.7 Å². The Kier molecular flexibility index (Phi) is 6.91. The van der Waals surface area contributed by atoms with Crippen LogP contribution in [0.3, 0.4) is 0 Å². The predicted molar refractivity (Wildman–Crippen MR) is 97.9 cm³/mol. The molecule has 0 aliphatic carbocycles. The Morgan fingerprint density at radius 2 is 1.69 bits per heavy atom. The highest BCUT2D eigenvalue weighted by Gasteiger charge is 2.20. The van der Waals surface area contributed by atoms with Crippen molar-refractivity contribution in [3.63, 3.8) is 0 Å². The maximum absolute atomic E-state index is 12.1. The number of carbonyl (C=O) groups excluding carboxylic acids is 2. The van der Waals surface area contributed by atoms with Crippen LogP contribution in [0.25, 0.3) is 0 Å². The number of amides is 2. The molecule has 2 aromatic rings. The highest BCUT2D eigenvalue weighted by atomic mass is 16.4. The van der Waals surface area contributed by atoms with Gasteiger partial charge in [0.1, 0.15) is 6.04 Å². The second-order valence-electron chi connectivity index (χ2n) is 5.93. The summed E-state index contributed by atoms with van der Waals surface area (Å²) in [4.78, 5) is 35.2. The number of aliphatic carboxylic acids is 1. The summed E-state index contributed by atoms with van der Waals surface area (Å²) >= 11 is 0. The zero-order valence-electron chi connectivity index (χ0n) is 14.6. The van der Waals surface area contributed by atoms with Gasteiger partial charge in [0, 0.05) is 25.5 Å². The fraction of sp³-hybridized carbons (Fsp3) is 0.250. The van der Waals surface area contributed by atoms with Crippen molar-refractivity contribution < 1.29 is 19.5 Å². The summed E-state index contributed by atoms with van der Waals surface area (Å²) in [5.41, 5.74) is 2.22. The molecule has 0 heterocycles. The van der Waals surface area contributed by atoms with E-state index in [1.165, 1.54) is 0 Å². The molecule has 2 aromatic carbocycles. The van der Waals surface area contributed by atoms with Crippen LogP contribution in [0.15, 0.2) is 54.6 Å². The number of rotatable bonds is 8. The minimum atomic E-state index is -1.07. The molecule has 0 spiro atoms. The van der Waals surface area contributed by atoms with Gasteiger partial charge in [0.25, 0.3) is 5.91 Å². The largest absolute Gasteiger partial charge is 0.480 e. The van der Waals surface area contributed by atoms with Crippen molar-refractivity contribution in [3.8, 4) is 0 Å². The maximum Gasteiger partial charge on any atom is 0.326 e. The van der Waals surface area contributed by atoms with E-state index in [-0.39, 0.29) is 24.7 Å². The molecular weight excluding hydrogens is 332 g/mol. The number of carboxylic acids is 1. The monoisotopic (exact) mass is 354 g/mol. The molecule has 0 aliphatic heterocycles. The van der Waals surface area contributed by atoms with Crippen LogP contribution in [0.2, 0.25) is 0 Å². The molecule has 0 unspecified atom stereocenters. The maximum atomic E-state index is 12.1. The molecule has 6 nitrogen and oxygen atoms in total. The van der Waals surface area contributed by atoms with Crippen molar-refractivity contribution in [1.29, 1.82) is 0 Å². The zero-order chi connectivity index (χ0) is 18.9.